The Hall–Kier alpha value is -2.72. The summed E-state index contributed by atoms with van der Waals surface area (Å²) in [6, 6.07) is 5.18. The summed E-state index contributed by atoms with van der Waals surface area (Å²) < 4.78 is 1.57. The summed E-state index contributed by atoms with van der Waals surface area (Å²) in [5.74, 6) is -0.421. The van der Waals surface area contributed by atoms with Gasteiger partial charge in [0.1, 0.15) is 4.83 Å². The van der Waals surface area contributed by atoms with Crippen molar-refractivity contribution in [2.45, 2.75) is 75.9 Å². The van der Waals surface area contributed by atoms with Gasteiger partial charge in [0, 0.05) is 17.1 Å². The lowest BCUT2D eigenvalue weighted by Crippen LogP contribution is -2.47. The minimum atomic E-state index is -0.626. The first-order chi connectivity index (χ1) is 16.3. The van der Waals surface area contributed by atoms with Crippen LogP contribution >= 0.6 is 23.1 Å². The van der Waals surface area contributed by atoms with E-state index in [4.69, 9.17) is 4.98 Å². The van der Waals surface area contributed by atoms with Crippen LogP contribution in [0.4, 0.5) is 4.79 Å². The third kappa shape index (κ3) is 5.50. The smallest absolute Gasteiger partial charge is 0.321 e. The van der Waals surface area contributed by atoms with Gasteiger partial charge < -0.3 is 5.32 Å². The number of hydrogen-bond donors (Lipinski definition) is 2. The summed E-state index contributed by atoms with van der Waals surface area (Å²) >= 11 is 2.64. The molecule has 34 heavy (non-hydrogen) atoms. The largest absolute Gasteiger partial charge is 0.335 e. The van der Waals surface area contributed by atoms with Crippen LogP contribution in [0.1, 0.15) is 55.2 Å². The van der Waals surface area contributed by atoms with Gasteiger partial charge in [-0.2, -0.15) is 0 Å². The zero-order chi connectivity index (χ0) is 24.2. The molecule has 2 N–H and O–H groups in total. The first-order valence-corrected chi connectivity index (χ1v) is 13.2. The van der Waals surface area contributed by atoms with Crippen molar-refractivity contribution in [1.29, 1.82) is 0 Å². The normalized spacial score (nSPS) is 15.3. The van der Waals surface area contributed by atoms with E-state index in [1.165, 1.54) is 29.5 Å². The van der Waals surface area contributed by atoms with E-state index in [0.29, 0.717) is 15.4 Å². The average molecular weight is 500 g/mol. The Morgan fingerprint density at radius 3 is 2.71 bits per heavy atom. The molecule has 1 unspecified atom stereocenters. The molecule has 10 heteroatoms. The predicted molar refractivity (Wildman–Crippen MR) is 136 cm³/mol. The Morgan fingerprint density at radius 2 is 2.00 bits per heavy atom. The predicted octanol–water partition coefficient (Wildman–Crippen LogP) is 4.16. The lowest BCUT2D eigenvalue weighted by Gasteiger charge is -2.23. The molecule has 4 rings (SSSR count). The summed E-state index contributed by atoms with van der Waals surface area (Å²) in [4.78, 5) is 49.3. The van der Waals surface area contributed by atoms with Crippen LogP contribution in [-0.4, -0.2) is 37.8 Å². The molecule has 3 aromatic heterocycles. The summed E-state index contributed by atoms with van der Waals surface area (Å²) in [5.41, 5.74) is 1.50. The number of hydrogen-bond acceptors (Lipinski definition) is 7. The minimum absolute atomic E-state index is 0.113. The Balaban J connectivity index is 1.55. The fourth-order valence-electron chi connectivity index (χ4n) is 4.09. The van der Waals surface area contributed by atoms with E-state index in [9.17, 15) is 14.4 Å². The first kappa shape index (κ1) is 24.4. The Morgan fingerprint density at radius 1 is 1.24 bits per heavy atom. The van der Waals surface area contributed by atoms with Crippen molar-refractivity contribution in [3.05, 3.63) is 50.9 Å². The molecule has 1 fully saturated rings. The third-order valence-corrected chi connectivity index (χ3v) is 8.32. The minimum Gasteiger partial charge on any atom is -0.335 e. The van der Waals surface area contributed by atoms with Crippen molar-refractivity contribution in [2.75, 3.05) is 0 Å². The average Bonchev–Trinajstić information content (AvgIpc) is 3.10. The number of rotatable bonds is 6. The number of thioether (sulfide) groups is 1. The molecule has 0 aliphatic heterocycles. The van der Waals surface area contributed by atoms with Gasteiger partial charge in [0.2, 0.25) is 5.91 Å². The number of amides is 3. The molecule has 0 aromatic carbocycles. The maximum Gasteiger partial charge on any atom is 0.321 e. The van der Waals surface area contributed by atoms with Gasteiger partial charge in [-0.05, 0) is 51.3 Å². The van der Waals surface area contributed by atoms with Crippen LogP contribution in [-0.2, 0) is 11.3 Å². The molecule has 1 aliphatic carbocycles. The number of carbonyl (C=O) groups is 2. The number of aryl methyl sites for hydroxylation is 2. The molecule has 0 saturated heterocycles. The van der Waals surface area contributed by atoms with Crippen LogP contribution < -0.4 is 16.2 Å². The van der Waals surface area contributed by atoms with Crippen LogP contribution in [0.3, 0.4) is 0 Å². The van der Waals surface area contributed by atoms with Crippen molar-refractivity contribution < 1.29 is 9.59 Å². The Labute approximate surface area is 206 Å². The van der Waals surface area contributed by atoms with Crippen LogP contribution in [0.25, 0.3) is 10.2 Å². The summed E-state index contributed by atoms with van der Waals surface area (Å²) in [6.07, 6.45) is 6.93. The number of carbonyl (C=O) groups excluding carboxylic acids is 2. The number of pyridine rings is 1. The van der Waals surface area contributed by atoms with Crippen LogP contribution in [0.5, 0.6) is 0 Å². The highest BCUT2D eigenvalue weighted by molar-refractivity contribution is 8.00. The summed E-state index contributed by atoms with van der Waals surface area (Å²) in [5, 5.41) is 5.75. The van der Waals surface area contributed by atoms with Gasteiger partial charge in [0.25, 0.3) is 5.56 Å². The fourth-order valence-corrected chi connectivity index (χ4v) is 6.06. The molecule has 1 saturated carbocycles. The van der Waals surface area contributed by atoms with E-state index in [0.717, 1.165) is 41.8 Å². The molecule has 1 aliphatic rings. The SMILES string of the molecule is Cc1sc2nc(SC(C)C(=O)NC(=O)NC3CCCCC3)n(Cc3ccccn3)c(=O)c2c1C. The molecule has 3 aromatic rings. The molecule has 0 spiro atoms. The molecular weight excluding hydrogens is 470 g/mol. The van der Waals surface area contributed by atoms with Gasteiger partial charge in [-0.15, -0.1) is 11.3 Å². The molecule has 1 atom stereocenters. The standard InChI is InChI=1S/C24H29N5O3S2/c1-14-15(2)33-21-19(14)22(31)29(13-18-11-7-8-12-25-18)24(28-21)34-16(3)20(30)27-23(32)26-17-9-5-4-6-10-17/h7-8,11-12,16-17H,4-6,9-10,13H2,1-3H3,(H2,26,27,30,32). The summed E-state index contributed by atoms with van der Waals surface area (Å²) in [6.45, 7) is 5.85. The van der Waals surface area contributed by atoms with Crippen molar-refractivity contribution in [1.82, 2.24) is 25.2 Å². The molecule has 3 amide bonds. The molecule has 0 bridgehead atoms. The second kappa shape index (κ2) is 10.7. The van der Waals surface area contributed by atoms with Crippen molar-refractivity contribution in [3.63, 3.8) is 0 Å². The maximum absolute atomic E-state index is 13.5. The zero-order valence-electron chi connectivity index (χ0n) is 19.6. The Kier molecular flexibility index (Phi) is 7.67. The third-order valence-electron chi connectivity index (χ3n) is 6.13. The van der Waals surface area contributed by atoms with Crippen LogP contribution in [0.15, 0.2) is 34.3 Å². The molecule has 8 nitrogen and oxygen atoms in total. The fraction of sp³-hybridized carbons (Fsp3) is 0.458. The highest BCUT2D eigenvalue weighted by Gasteiger charge is 2.24. The van der Waals surface area contributed by atoms with Crippen molar-refractivity contribution in [3.8, 4) is 0 Å². The zero-order valence-corrected chi connectivity index (χ0v) is 21.2. The van der Waals surface area contributed by atoms with E-state index in [-0.39, 0.29) is 18.1 Å². The lowest BCUT2D eigenvalue weighted by molar-refractivity contribution is -0.119. The number of thiophene rings is 1. The van der Waals surface area contributed by atoms with Crippen molar-refractivity contribution >= 4 is 45.3 Å². The topological polar surface area (TPSA) is 106 Å². The van der Waals surface area contributed by atoms with E-state index < -0.39 is 17.2 Å². The number of imide groups is 1. The monoisotopic (exact) mass is 499 g/mol. The van der Waals surface area contributed by atoms with Gasteiger partial charge in [-0.1, -0.05) is 37.1 Å². The highest BCUT2D eigenvalue weighted by atomic mass is 32.2. The molecule has 180 valence electrons. The number of aromatic nitrogens is 3. The van der Waals surface area contributed by atoms with E-state index >= 15 is 0 Å². The molecular formula is C24H29N5O3S2. The van der Waals surface area contributed by atoms with Gasteiger partial charge in [0.05, 0.1) is 22.9 Å². The van der Waals surface area contributed by atoms with Crippen LogP contribution in [0, 0.1) is 13.8 Å². The number of urea groups is 1. The van der Waals surface area contributed by atoms with Crippen LogP contribution in [0.2, 0.25) is 0 Å². The van der Waals surface area contributed by atoms with Crippen molar-refractivity contribution in [2.24, 2.45) is 0 Å². The lowest BCUT2D eigenvalue weighted by atomic mass is 9.96. The second-order valence-electron chi connectivity index (χ2n) is 8.63. The number of fused-ring (bicyclic) bond motifs is 1. The highest BCUT2D eigenvalue weighted by Crippen LogP contribution is 2.30. The second-order valence-corrected chi connectivity index (χ2v) is 11.1. The van der Waals surface area contributed by atoms with E-state index in [1.807, 2.05) is 32.0 Å². The molecule has 3 heterocycles. The van der Waals surface area contributed by atoms with Gasteiger partial charge in [0.15, 0.2) is 5.16 Å². The Bertz CT molecular complexity index is 1250. The van der Waals surface area contributed by atoms with E-state index in [1.54, 1.807) is 17.7 Å². The maximum atomic E-state index is 13.5. The first-order valence-electron chi connectivity index (χ1n) is 11.5. The van der Waals surface area contributed by atoms with Gasteiger partial charge in [-0.25, -0.2) is 9.78 Å². The molecule has 0 radical (unpaired) electrons. The van der Waals surface area contributed by atoms with Gasteiger partial charge in [-0.3, -0.25) is 24.5 Å². The number of nitrogens with zero attached hydrogens (tertiary/aromatic N) is 3. The van der Waals surface area contributed by atoms with E-state index in [2.05, 4.69) is 15.6 Å². The quantitative estimate of drug-likeness (QED) is 0.390. The summed E-state index contributed by atoms with van der Waals surface area (Å²) in [7, 11) is 0. The number of nitrogens with one attached hydrogen (secondary N) is 2. The van der Waals surface area contributed by atoms with Gasteiger partial charge >= 0.3 is 6.03 Å².